The summed E-state index contributed by atoms with van der Waals surface area (Å²) >= 11 is 1.05. The van der Waals surface area contributed by atoms with E-state index in [1.807, 2.05) is 54.0 Å². The van der Waals surface area contributed by atoms with Crippen molar-refractivity contribution < 1.29 is 9.59 Å². The van der Waals surface area contributed by atoms with Crippen LogP contribution in [0.3, 0.4) is 0 Å². The Labute approximate surface area is 176 Å². The van der Waals surface area contributed by atoms with Gasteiger partial charge in [-0.3, -0.25) is 9.59 Å². The normalized spacial score (nSPS) is 16.1. The van der Waals surface area contributed by atoms with Crippen LogP contribution in [0, 0.1) is 5.92 Å². The van der Waals surface area contributed by atoms with Gasteiger partial charge in [-0.2, -0.15) is 8.75 Å². The molecule has 0 bridgehead atoms. The number of amides is 2. The topological polar surface area (TPSA) is 69.6 Å². The molecule has 1 aliphatic rings. The highest BCUT2D eigenvalue weighted by Crippen LogP contribution is 2.27. The van der Waals surface area contributed by atoms with Gasteiger partial charge in [0, 0.05) is 26.2 Å². The summed E-state index contributed by atoms with van der Waals surface area (Å²) in [6.07, 6.45) is 4.11. The van der Waals surface area contributed by atoms with E-state index >= 15 is 0 Å². The lowest BCUT2D eigenvalue weighted by atomic mass is 9.85. The molecule has 0 unspecified atom stereocenters. The first-order valence-electron chi connectivity index (χ1n) is 9.97. The van der Waals surface area contributed by atoms with Gasteiger partial charge in [0.05, 0.1) is 24.5 Å². The van der Waals surface area contributed by atoms with Crippen LogP contribution >= 0.6 is 11.7 Å². The summed E-state index contributed by atoms with van der Waals surface area (Å²) in [5, 5.41) is 0. The second-order valence-corrected chi connectivity index (χ2v) is 8.48. The van der Waals surface area contributed by atoms with Crippen molar-refractivity contribution in [1.82, 2.24) is 23.4 Å². The molecule has 29 heavy (non-hydrogen) atoms. The second-order valence-electron chi connectivity index (χ2n) is 7.92. The molecule has 8 heteroatoms. The molecule has 0 aliphatic carbocycles. The van der Waals surface area contributed by atoms with E-state index in [1.54, 1.807) is 0 Å². The largest absolute Gasteiger partial charge is 0.341 e. The van der Waals surface area contributed by atoms with E-state index in [0.29, 0.717) is 31.2 Å². The van der Waals surface area contributed by atoms with Gasteiger partial charge >= 0.3 is 0 Å². The van der Waals surface area contributed by atoms with Crippen LogP contribution in [0.4, 0.5) is 0 Å². The second kappa shape index (κ2) is 9.93. The molecule has 2 amide bonds. The van der Waals surface area contributed by atoms with Crippen LogP contribution in [-0.4, -0.2) is 82.1 Å². The third-order valence-electron chi connectivity index (χ3n) is 5.58. The Hall–Kier alpha value is -2.32. The maximum absolute atomic E-state index is 12.8. The quantitative estimate of drug-likeness (QED) is 0.692. The van der Waals surface area contributed by atoms with E-state index in [4.69, 9.17) is 0 Å². The monoisotopic (exact) mass is 415 g/mol. The molecule has 0 saturated carbocycles. The van der Waals surface area contributed by atoms with Crippen LogP contribution in [0.15, 0.2) is 36.5 Å². The van der Waals surface area contributed by atoms with Gasteiger partial charge in [-0.1, -0.05) is 30.3 Å². The molecule has 0 N–H and O–H groups in total. The molecule has 0 radical (unpaired) electrons. The Kier molecular flexibility index (Phi) is 7.33. The fourth-order valence-corrected chi connectivity index (χ4v) is 4.36. The zero-order chi connectivity index (χ0) is 20.8. The molecule has 1 fully saturated rings. The lowest BCUT2D eigenvalue weighted by Gasteiger charge is -2.40. The van der Waals surface area contributed by atoms with Gasteiger partial charge in [0.15, 0.2) is 5.69 Å². The van der Waals surface area contributed by atoms with Crippen molar-refractivity contribution in [2.75, 3.05) is 40.8 Å². The first-order chi connectivity index (χ1) is 14.0. The van der Waals surface area contributed by atoms with Crippen LogP contribution in [0.2, 0.25) is 0 Å². The molecule has 7 nitrogen and oxygen atoms in total. The average Bonchev–Trinajstić information content (AvgIpc) is 3.26. The van der Waals surface area contributed by atoms with Crippen LogP contribution in [0.1, 0.15) is 28.9 Å². The smallest absolute Gasteiger partial charge is 0.275 e. The van der Waals surface area contributed by atoms with Gasteiger partial charge in [-0.05, 0) is 44.8 Å². The molecular formula is C21H29N5O2S. The lowest BCUT2D eigenvalue weighted by molar-refractivity contribution is -0.134. The maximum atomic E-state index is 12.8. The zero-order valence-corrected chi connectivity index (χ0v) is 18.1. The molecule has 1 aromatic heterocycles. The Morgan fingerprint density at radius 1 is 1.17 bits per heavy atom. The molecule has 3 rings (SSSR count). The Bertz CT molecular complexity index is 789. The van der Waals surface area contributed by atoms with Crippen molar-refractivity contribution in [2.45, 2.75) is 25.3 Å². The van der Waals surface area contributed by atoms with Gasteiger partial charge in [-0.15, -0.1) is 0 Å². The number of hydrogen-bond acceptors (Lipinski definition) is 6. The van der Waals surface area contributed by atoms with Crippen LogP contribution in [0.5, 0.6) is 0 Å². The molecule has 2 aromatic rings. The summed E-state index contributed by atoms with van der Waals surface area (Å²) in [6.45, 7) is 1.76. The van der Waals surface area contributed by atoms with Crippen LogP contribution in [-0.2, 0) is 11.2 Å². The molecule has 1 aliphatic heterocycles. The van der Waals surface area contributed by atoms with Crippen LogP contribution < -0.4 is 0 Å². The average molecular weight is 416 g/mol. The van der Waals surface area contributed by atoms with E-state index in [-0.39, 0.29) is 17.9 Å². The number of carbonyl (C=O) groups excluding carboxylic acids is 2. The number of rotatable bonds is 7. The number of nitrogens with zero attached hydrogens (tertiary/aromatic N) is 5. The number of hydrogen-bond donors (Lipinski definition) is 0. The highest BCUT2D eigenvalue weighted by Gasteiger charge is 2.33. The number of piperidine rings is 1. The van der Waals surface area contributed by atoms with Crippen molar-refractivity contribution in [2.24, 2.45) is 5.92 Å². The highest BCUT2D eigenvalue weighted by molar-refractivity contribution is 6.99. The summed E-state index contributed by atoms with van der Waals surface area (Å²) in [4.78, 5) is 31.0. The van der Waals surface area contributed by atoms with E-state index in [2.05, 4.69) is 20.9 Å². The Balaban J connectivity index is 1.69. The van der Waals surface area contributed by atoms with Crippen molar-refractivity contribution in [3.05, 3.63) is 47.8 Å². The number of likely N-dealkylation sites (tertiary alicyclic amines) is 1. The molecule has 1 saturated heterocycles. The fraction of sp³-hybridized carbons (Fsp3) is 0.524. The van der Waals surface area contributed by atoms with Gasteiger partial charge in [0.25, 0.3) is 5.91 Å². The molecule has 1 atom stereocenters. The first kappa shape index (κ1) is 21.4. The molecular weight excluding hydrogens is 386 g/mol. The fourth-order valence-electron chi connectivity index (χ4n) is 3.95. The highest BCUT2D eigenvalue weighted by atomic mass is 32.1. The maximum Gasteiger partial charge on any atom is 0.275 e. The van der Waals surface area contributed by atoms with E-state index in [1.165, 1.54) is 11.8 Å². The number of carbonyl (C=O) groups is 2. The first-order valence-corrected chi connectivity index (χ1v) is 10.7. The Morgan fingerprint density at radius 2 is 1.86 bits per heavy atom. The Morgan fingerprint density at radius 3 is 2.45 bits per heavy atom. The number of benzene rings is 1. The van der Waals surface area contributed by atoms with Crippen molar-refractivity contribution in [3.63, 3.8) is 0 Å². The van der Waals surface area contributed by atoms with Gasteiger partial charge in [0.2, 0.25) is 5.91 Å². The van der Waals surface area contributed by atoms with Crippen molar-refractivity contribution >= 4 is 23.5 Å². The predicted molar refractivity (Wildman–Crippen MR) is 114 cm³/mol. The summed E-state index contributed by atoms with van der Waals surface area (Å²) in [5.74, 6) is 0.431. The number of likely N-dealkylation sites (N-methyl/N-ethyl adjacent to an activating group) is 2. The molecule has 1 aromatic carbocycles. The van der Waals surface area contributed by atoms with Gasteiger partial charge in [0.1, 0.15) is 0 Å². The van der Waals surface area contributed by atoms with Crippen LogP contribution in [0.25, 0.3) is 0 Å². The van der Waals surface area contributed by atoms with Crippen molar-refractivity contribution in [1.29, 1.82) is 0 Å². The van der Waals surface area contributed by atoms with E-state index in [9.17, 15) is 9.59 Å². The van der Waals surface area contributed by atoms with E-state index < -0.39 is 0 Å². The SMILES string of the molecule is CN(C)CC(=O)N(C)[C@@H](Cc1ccccc1)C1CCN(C(=O)c2cnsn2)CC1. The van der Waals surface area contributed by atoms with E-state index in [0.717, 1.165) is 31.0 Å². The van der Waals surface area contributed by atoms with Gasteiger partial charge < -0.3 is 14.7 Å². The summed E-state index contributed by atoms with van der Waals surface area (Å²) < 4.78 is 7.99. The minimum atomic E-state index is -0.0474. The minimum Gasteiger partial charge on any atom is -0.341 e. The van der Waals surface area contributed by atoms with Gasteiger partial charge in [-0.25, -0.2) is 0 Å². The molecule has 0 spiro atoms. The third-order valence-corrected chi connectivity index (χ3v) is 6.06. The standard InChI is InChI=1S/C21H29N5O2S/c1-24(2)15-20(27)25(3)19(13-16-7-5-4-6-8-16)17-9-11-26(12-10-17)21(28)18-14-22-29-23-18/h4-8,14,17,19H,9-13,15H2,1-3H3/t19-/m0/s1. The zero-order valence-electron chi connectivity index (χ0n) is 17.3. The van der Waals surface area contributed by atoms with Crippen molar-refractivity contribution in [3.8, 4) is 0 Å². The minimum absolute atomic E-state index is 0.0474. The summed E-state index contributed by atoms with van der Waals surface area (Å²) in [5.41, 5.74) is 1.65. The lowest BCUT2D eigenvalue weighted by Crippen LogP contribution is -2.50. The molecule has 156 valence electrons. The number of aromatic nitrogens is 2. The third kappa shape index (κ3) is 5.61. The summed E-state index contributed by atoms with van der Waals surface area (Å²) in [7, 11) is 5.74. The predicted octanol–water partition coefficient (Wildman–Crippen LogP) is 2.02. The molecule has 2 heterocycles. The summed E-state index contributed by atoms with van der Waals surface area (Å²) in [6, 6.07) is 10.4.